The number of carboxylic acids is 1. The fourth-order valence-corrected chi connectivity index (χ4v) is 2.13. The van der Waals surface area contributed by atoms with Gasteiger partial charge in [0.05, 0.1) is 5.56 Å². The predicted molar refractivity (Wildman–Crippen MR) is 82.8 cm³/mol. The Kier molecular flexibility index (Phi) is 3.16. The van der Waals surface area contributed by atoms with Gasteiger partial charge in [0.2, 0.25) is 0 Å². The van der Waals surface area contributed by atoms with E-state index in [0.29, 0.717) is 11.5 Å². The molecule has 1 heterocycles. The van der Waals surface area contributed by atoms with Crippen molar-refractivity contribution in [3.8, 4) is 0 Å². The van der Waals surface area contributed by atoms with Crippen LogP contribution < -0.4 is 11.1 Å². The molecule has 0 spiro atoms. The van der Waals surface area contributed by atoms with E-state index in [4.69, 9.17) is 10.8 Å². The molecule has 0 saturated heterocycles. The van der Waals surface area contributed by atoms with Crippen LogP contribution in [-0.2, 0) is 0 Å². The topological polar surface area (TPSA) is 88.2 Å². The van der Waals surface area contributed by atoms with Crippen molar-refractivity contribution in [1.29, 1.82) is 0 Å². The minimum atomic E-state index is -0.944. The molecule has 0 bridgehead atoms. The molecule has 4 N–H and O–H groups in total. The van der Waals surface area contributed by atoms with E-state index in [0.717, 1.165) is 16.5 Å². The fourth-order valence-electron chi connectivity index (χ4n) is 2.13. The van der Waals surface area contributed by atoms with E-state index in [2.05, 4.69) is 10.3 Å². The van der Waals surface area contributed by atoms with Crippen molar-refractivity contribution in [3.63, 3.8) is 0 Å². The number of nitrogens with two attached hydrogens (primary N) is 1. The van der Waals surface area contributed by atoms with E-state index in [9.17, 15) is 4.79 Å². The summed E-state index contributed by atoms with van der Waals surface area (Å²) in [4.78, 5) is 15.2. The number of hydrogen-bond donors (Lipinski definition) is 3. The van der Waals surface area contributed by atoms with Crippen molar-refractivity contribution < 1.29 is 9.90 Å². The van der Waals surface area contributed by atoms with Crippen LogP contribution in [0.2, 0.25) is 0 Å². The van der Waals surface area contributed by atoms with Gasteiger partial charge in [0.15, 0.2) is 0 Å². The monoisotopic (exact) mass is 279 g/mol. The molecule has 0 radical (unpaired) electrons. The SMILES string of the molecule is Nc1ccc2c(Nc3ccc(C(=O)O)cc3)nccc2c1. The van der Waals surface area contributed by atoms with Crippen LogP contribution in [0.25, 0.3) is 10.8 Å². The van der Waals surface area contributed by atoms with Crippen LogP contribution in [0.1, 0.15) is 10.4 Å². The number of anilines is 3. The lowest BCUT2D eigenvalue weighted by Crippen LogP contribution is -1.98. The number of nitrogen functional groups attached to an aromatic ring is 1. The Hall–Kier alpha value is -3.08. The molecular formula is C16H13N3O2. The number of fused-ring (bicyclic) bond motifs is 1. The summed E-state index contributed by atoms with van der Waals surface area (Å²) < 4.78 is 0. The number of aromatic nitrogens is 1. The van der Waals surface area contributed by atoms with Crippen molar-refractivity contribution in [1.82, 2.24) is 4.98 Å². The molecule has 0 atom stereocenters. The summed E-state index contributed by atoms with van der Waals surface area (Å²) in [5.74, 6) is -0.240. The Balaban J connectivity index is 1.96. The van der Waals surface area contributed by atoms with Gasteiger partial charge in [-0.2, -0.15) is 0 Å². The van der Waals surface area contributed by atoms with Crippen LogP contribution in [0.15, 0.2) is 54.7 Å². The van der Waals surface area contributed by atoms with Gasteiger partial charge in [-0.3, -0.25) is 0 Å². The molecule has 0 amide bonds. The minimum absolute atomic E-state index is 0.249. The van der Waals surface area contributed by atoms with Crippen molar-refractivity contribution in [2.75, 3.05) is 11.1 Å². The number of benzene rings is 2. The van der Waals surface area contributed by atoms with Gasteiger partial charge in [-0.1, -0.05) is 0 Å². The first-order valence-electron chi connectivity index (χ1n) is 6.38. The third-order valence-electron chi connectivity index (χ3n) is 3.18. The van der Waals surface area contributed by atoms with E-state index in [1.807, 2.05) is 24.3 Å². The average molecular weight is 279 g/mol. The molecule has 0 aliphatic rings. The summed E-state index contributed by atoms with van der Waals surface area (Å²) in [6, 6.07) is 14.0. The molecule has 2 aromatic carbocycles. The maximum atomic E-state index is 10.8. The molecule has 5 heteroatoms. The highest BCUT2D eigenvalue weighted by atomic mass is 16.4. The largest absolute Gasteiger partial charge is 0.478 e. The van der Waals surface area contributed by atoms with Gasteiger partial charge in [-0.25, -0.2) is 9.78 Å². The average Bonchev–Trinajstić information content (AvgIpc) is 2.47. The maximum absolute atomic E-state index is 10.8. The molecule has 1 aromatic heterocycles. The number of hydrogen-bond acceptors (Lipinski definition) is 4. The zero-order chi connectivity index (χ0) is 14.8. The fraction of sp³-hybridized carbons (Fsp3) is 0. The Morgan fingerprint density at radius 2 is 1.86 bits per heavy atom. The van der Waals surface area contributed by atoms with Crippen LogP contribution in [0.3, 0.4) is 0 Å². The Morgan fingerprint density at radius 3 is 2.57 bits per heavy atom. The van der Waals surface area contributed by atoms with Crippen LogP contribution in [-0.4, -0.2) is 16.1 Å². The highest BCUT2D eigenvalue weighted by molar-refractivity contribution is 5.95. The van der Waals surface area contributed by atoms with E-state index in [1.165, 1.54) is 0 Å². The smallest absolute Gasteiger partial charge is 0.335 e. The van der Waals surface area contributed by atoms with Crippen molar-refractivity contribution in [3.05, 3.63) is 60.3 Å². The van der Waals surface area contributed by atoms with Gasteiger partial charge in [0, 0.05) is 23.0 Å². The summed E-state index contributed by atoms with van der Waals surface area (Å²) in [6.45, 7) is 0. The first kappa shape index (κ1) is 12.9. The molecule has 3 aromatic rings. The van der Waals surface area contributed by atoms with Gasteiger partial charge < -0.3 is 16.2 Å². The lowest BCUT2D eigenvalue weighted by molar-refractivity contribution is 0.0697. The minimum Gasteiger partial charge on any atom is -0.478 e. The maximum Gasteiger partial charge on any atom is 0.335 e. The highest BCUT2D eigenvalue weighted by Gasteiger charge is 2.05. The Labute approximate surface area is 121 Å². The Bertz CT molecular complexity index is 813. The molecule has 0 aliphatic carbocycles. The van der Waals surface area contributed by atoms with Gasteiger partial charge in [0.1, 0.15) is 5.82 Å². The van der Waals surface area contributed by atoms with Gasteiger partial charge in [-0.15, -0.1) is 0 Å². The third-order valence-corrected chi connectivity index (χ3v) is 3.18. The summed E-state index contributed by atoms with van der Waals surface area (Å²) in [6.07, 6.45) is 1.70. The molecule has 3 rings (SSSR count). The number of carboxylic acid groups (broad SMARTS) is 1. The number of pyridine rings is 1. The number of nitrogens with one attached hydrogen (secondary N) is 1. The summed E-state index contributed by atoms with van der Waals surface area (Å²) >= 11 is 0. The van der Waals surface area contributed by atoms with Crippen LogP contribution in [0, 0.1) is 0 Å². The zero-order valence-corrected chi connectivity index (χ0v) is 11.1. The lowest BCUT2D eigenvalue weighted by atomic mass is 10.1. The second-order valence-corrected chi connectivity index (χ2v) is 4.65. The standard InChI is InChI=1S/C16H13N3O2/c17-12-3-6-14-11(9-12)7-8-18-15(14)19-13-4-1-10(2-5-13)16(20)21/h1-9H,17H2,(H,18,19)(H,20,21). The van der Waals surface area contributed by atoms with Crippen LogP contribution >= 0.6 is 0 Å². The molecule has 21 heavy (non-hydrogen) atoms. The second-order valence-electron chi connectivity index (χ2n) is 4.65. The van der Waals surface area contributed by atoms with Crippen molar-refractivity contribution >= 4 is 33.9 Å². The second kappa shape index (κ2) is 5.13. The number of carbonyl (C=O) groups is 1. The van der Waals surface area contributed by atoms with Gasteiger partial charge >= 0.3 is 5.97 Å². The molecule has 104 valence electrons. The van der Waals surface area contributed by atoms with Crippen LogP contribution in [0.4, 0.5) is 17.2 Å². The van der Waals surface area contributed by atoms with Gasteiger partial charge in [-0.05, 0) is 53.9 Å². The quantitative estimate of drug-likeness (QED) is 0.640. The molecule has 0 aliphatic heterocycles. The third kappa shape index (κ3) is 2.62. The predicted octanol–water partition coefficient (Wildman–Crippen LogP) is 3.26. The molecule has 0 fully saturated rings. The molecule has 5 nitrogen and oxygen atoms in total. The first-order chi connectivity index (χ1) is 10.1. The van der Waals surface area contributed by atoms with E-state index in [1.54, 1.807) is 30.5 Å². The van der Waals surface area contributed by atoms with Gasteiger partial charge in [0.25, 0.3) is 0 Å². The van der Waals surface area contributed by atoms with Crippen molar-refractivity contribution in [2.24, 2.45) is 0 Å². The normalized spacial score (nSPS) is 10.5. The molecule has 0 unspecified atom stereocenters. The summed E-state index contributed by atoms with van der Waals surface area (Å²) in [7, 11) is 0. The summed E-state index contributed by atoms with van der Waals surface area (Å²) in [5.41, 5.74) is 7.50. The number of nitrogens with zero attached hydrogens (tertiary/aromatic N) is 1. The Morgan fingerprint density at radius 1 is 1.10 bits per heavy atom. The van der Waals surface area contributed by atoms with E-state index >= 15 is 0 Å². The molecule has 0 saturated carbocycles. The zero-order valence-electron chi connectivity index (χ0n) is 11.1. The number of rotatable bonds is 3. The number of aromatic carboxylic acids is 1. The first-order valence-corrected chi connectivity index (χ1v) is 6.38. The lowest BCUT2D eigenvalue weighted by Gasteiger charge is -2.09. The van der Waals surface area contributed by atoms with Crippen LogP contribution in [0.5, 0.6) is 0 Å². The van der Waals surface area contributed by atoms with E-state index in [-0.39, 0.29) is 5.56 Å². The summed E-state index contributed by atoms with van der Waals surface area (Å²) in [5, 5.41) is 14.0. The highest BCUT2D eigenvalue weighted by Crippen LogP contribution is 2.25. The van der Waals surface area contributed by atoms with Crippen molar-refractivity contribution in [2.45, 2.75) is 0 Å². The molecular weight excluding hydrogens is 266 g/mol. The van der Waals surface area contributed by atoms with E-state index < -0.39 is 5.97 Å².